The largest absolute Gasteiger partial charge is 0.463 e. The molecular formula is C28H34O4. The van der Waals surface area contributed by atoms with E-state index in [1.54, 1.807) is 19.1 Å². The van der Waals surface area contributed by atoms with Crippen LogP contribution in [0.25, 0.3) is 17.2 Å². The highest BCUT2D eigenvalue weighted by Gasteiger charge is 2.37. The zero-order valence-electron chi connectivity index (χ0n) is 20.3. The SMILES string of the molecule is CCOC(=O)/C=C/c1ccc(OC(C)=O)c(-c2cc3c(cc2C)C(C)(C)CCC3(C)C)c1. The van der Waals surface area contributed by atoms with Gasteiger partial charge >= 0.3 is 11.9 Å². The fourth-order valence-electron chi connectivity index (χ4n) is 4.47. The van der Waals surface area contributed by atoms with Gasteiger partial charge in [0.15, 0.2) is 0 Å². The van der Waals surface area contributed by atoms with Gasteiger partial charge < -0.3 is 9.47 Å². The summed E-state index contributed by atoms with van der Waals surface area (Å²) in [6.45, 7) is 14.8. The van der Waals surface area contributed by atoms with Crippen molar-refractivity contribution in [1.82, 2.24) is 0 Å². The van der Waals surface area contributed by atoms with E-state index in [9.17, 15) is 9.59 Å². The van der Waals surface area contributed by atoms with Gasteiger partial charge in [-0.15, -0.1) is 0 Å². The summed E-state index contributed by atoms with van der Waals surface area (Å²) in [7, 11) is 0. The standard InChI is InChI=1S/C28H34O4/c1-8-31-26(30)12-10-20-9-11-25(32-19(3)29)22(16-20)21-17-24-23(15-18(21)2)27(4,5)13-14-28(24,6)7/h9-12,15-17H,8,13-14H2,1-7H3/b12-10+. The Bertz CT molecular complexity index is 1070. The Balaban J connectivity index is 2.17. The summed E-state index contributed by atoms with van der Waals surface area (Å²) in [6.07, 6.45) is 5.41. The molecule has 170 valence electrons. The molecular weight excluding hydrogens is 400 g/mol. The van der Waals surface area contributed by atoms with Gasteiger partial charge in [-0.25, -0.2) is 4.79 Å². The van der Waals surface area contributed by atoms with Crippen molar-refractivity contribution in [3.63, 3.8) is 0 Å². The van der Waals surface area contributed by atoms with Crippen LogP contribution in [0.15, 0.2) is 36.4 Å². The summed E-state index contributed by atoms with van der Waals surface area (Å²) < 4.78 is 10.5. The van der Waals surface area contributed by atoms with Gasteiger partial charge in [0.05, 0.1) is 6.61 Å². The van der Waals surface area contributed by atoms with E-state index in [0.29, 0.717) is 12.4 Å². The van der Waals surface area contributed by atoms with Crippen LogP contribution in [0.1, 0.15) is 76.6 Å². The topological polar surface area (TPSA) is 52.6 Å². The molecule has 2 aromatic rings. The van der Waals surface area contributed by atoms with Crippen molar-refractivity contribution in [2.45, 2.75) is 72.1 Å². The summed E-state index contributed by atoms with van der Waals surface area (Å²) >= 11 is 0. The number of rotatable bonds is 5. The summed E-state index contributed by atoms with van der Waals surface area (Å²) in [5.41, 5.74) is 6.77. The Kier molecular flexibility index (Phi) is 6.64. The van der Waals surface area contributed by atoms with E-state index < -0.39 is 0 Å². The summed E-state index contributed by atoms with van der Waals surface area (Å²) in [5.74, 6) is -0.230. The minimum atomic E-state index is -0.382. The maximum absolute atomic E-state index is 11.8. The van der Waals surface area contributed by atoms with E-state index in [4.69, 9.17) is 9.47 Å². The number of carbonyl (C=O) groups is 2. The van der Waals surface area contributed by atoms with Gasteiger partial charge in [-0.2, -0.15) is 0 Å². The first-order valence-corrected chi connectivity index (χ1v) is 11.3. The van der Waals surface area contributed by atoms with E-state index in [1.165, 1.54) is 24.1 Å². The maximum atomic E-state index is 11.8. The van der Waals surface area contributed by atoms with Crippen LogP contribution >= 0.6 is 0 Å². The van der Waals surface area contributed by atoms with E-state index in [-0.39, 0.29) is 22.8 Å². The molecule has 0 spiro atoms. The first kappa shape index (κ1) is 23.8. The van der Waals surface area contributed by atoms with Crippen molar-refractivity contribution in [1.29, 1.82) is 0 Å². The van der Waals surface area contributed by atoms with E-state index >= 15 is 0 Å². The van der Waals surface area contributed by atoms with Gasteiger partial charge in [0.25, 0.3) is 0 Å². The van der Waals surface area contributed by atoms with Gasteiger partial charge in [-0.3, -0.25) is 4.79 Å². The molecule has 0 aliphatic heterocycles. The maximum Gasteiger partial charge on any atom is 0.330 e. The number of ether oxygens (including phenoxy) is 2. The van der Waals surface area contributed by atoms with Crippen LogP contribution in [0.2, 0.25) is 0 Å². The molecule has 0 unspecified atom stereocenters. The molecule has 2 aromatic carbocycles. The van der Waals surface area contributed by atoms with Gasteiger partial charge in [0.2, 0.25) is 0 Å². The van der Waals surface area contributed by atoms with E-state index in [1.807, 2.05) is 12.1 Å². The third kappa shape index (κ3) is 4.95. The van der Waals surface area contributed by atoms with Crippen molar-refractivity contribution in [3.8, 4) is 16.9 Å². The zero-order valence-corrected chi connectivity index (χ0v) is 20.3. The van der Waals surface area contributed by atoms with Crippen molar-refractivity contribution >= 4 is 18.0 Å². The normalized spacial score (nSPS) is 16.5. The molecule has 0 N–H and O–H groups in total. The quantitative estimate of drug-likeness (QED) is 0.306. The average molecular weight is 435 g/mol. The Morgan fingerprint density at radius 3 is 2.19 bits per heavy atom. The second-order valence-electron chi connectivity index (χ2n) is 9.92. The highest BCUT2D eigenvalue weighted by molar-refractivity contribution is 5.88. The third-order valence-corrected chi connectivity index (χ3v) is 6.44. The lowest BCUT2D eigenvalue weighted by Crippen LogP contribution is -2.34. The molecule has 0 fully saturated rings. The molecule has 0 bridgehead atoms. The fourth-order valence-corrected chi connectivity index (χ4v) is 4.47. The fraction of sp³-hybridized carbons (Fsp3) is 0.429. The summed E-state index contributed by atoms with van der Waals surface area (Å²) in [5, 5.41) is 0. The first-order valence-electron chi connectivity index (χ1n) is 11.3. The number of carbonyl (C=O) groups excluding carboxylic acids is 2. The minimum absolute atomic E-state index is 0.0658. The van der Waals surface area contributed by atoms with Crippen molar-refractivity contribution in [3.05, 3.63) is 58.7 Å². The molecule has 0 saturated heterocycles. The van der Waals surface area contributed by atoms with Gasteiger partial charge in [-0.1, -0.05) is 39.8 Å². The number of fused-ring (bicyclic) bond motifs is 1. The molecule has 3 rings (SSSR count). The van der Waals surface area contributed by atoms with Gasteiger partial charge in [0.1, 0.15) is 5.75 Å². The number of aryl methyl sites for hydroxylation is 1. The number of benzene rings is 2. The monoisotopic (exact) mass is 434 g/mol. The summed E-state index contributed by atoms with van der Waals surface area (Å²) in [6, 6.07) is 10.1. The molecule has 1 aliphatic carbocycles. The molecule has 0 amide bonds. The lowest BCUT2D eigenvalue weighted by atomic mass is 9.62. The number of hydrogen-bond donors (Lipinski definition) is 0. The highest BCUT2D eigenvalue weighted by Crippen LogP contribution is 2.48. The Labute approximate surface area is 191 Å². The zero-order chi connectivity index (χ0) is 23.7. The van der Waals surface area contributed by atoms with Gasteiger partial charge in [0, 0.05) is 18.6 Å². The molecule has 0 aromatic heterocycles. The van der Waals surface area contributed by atoms with Gasteiger partial charge in [-0.05, 0) is 89.6 Å². The lowest BCUT2D eigenvalue weighted by molar-refractivity contribution is -0.137. The number of hydrogen-bond acceptors (Lipinski definition) is 4. The molecule has 0 saturated carbocycles. The van der Waals surface area contributed by atoms with E-state index in [0.717, 1.165) is 35.1 Å². The average Bonchev–Trinajstić information content (AvgIpc) is 2.70. The van der Waals surface area contributed by atoms with Crippen LogP contribution in [-0.2, 0) is 25.2 Å². The highest BCUT2D eigenvalue weighted by atomic mass is 16.5. The van der Waals surface area contributed by atoms with Crippen LogP contribution < -0.4 is 4.74 Å². The Hall–Kier alpha value is -2.88. The third-order valence-electron chi connectivity index (χ3n) is 6.44. The minimum Gasteiger partial charge on any atom is -0.463 e. The van der Waals surface area contributed by atoms with Crippen LogP contribution in [0.3, 0.4) is 0 Å². The van der Waals surface area contributed by atoms with Crippen LogP contribution in [0.5, 0.6) is 5.75 Å². The smallest absolute Gasteiger partial charge is 0.330 e. The van der Waals surface area contributed by atoms with Crippen LogP contribution in [0.4, 0.5) is 0 Å². The molecule has 4 nitrogen and oxygen atoms in total. The second-order valence-corrected chi connectivity index (χ2v) is 9.92. The predicted octanol–water partition coefficient (Wildman–Crippen LogP) is 6.51. The first-order chi connectivity index (χ1) is 14.9. The second kappa shape index (κ2) is 8.93. The Morgan fingerprint density at radius 2 is 1.59 bits per heavy atom. The predicted molar refractivity (Wildman–Crippen MR) is 129 cm³/mol. The lowest BCUT2D eigenvalue weighted by Gasteiger charge is -2.42. The summed E-state index contributed by atoms with van der Waals surface area (Å²) in [4.78, 5) is 23.5. The van der Waals surface area contributed by atoms with Crippen LogP contribution in [-0.4, -0.2) is 18.5 Å². The molecule has 0 atom stereocenters. The molecule has 32 heavy (non-hydrogen) atoms. The molecule has 0 heterocycles. The van der Waals surface area contributed by atoms with Crippen molar-refractivity contribution in [2.75, 3.05) is 6.61 Å². The molecule has 0 radical (unpaired) electrons. The Morgan fingerprint density at radius 1 is 0.969 bits per heavy atom. The number of esters is 2. The van der Waals surface area contributed by atoms with Crippen molar-refractivity contribution < 1.29 is 19.1 Å². The molecule has 1 aliphatic rings. The van der Waals surface area contributed by atoms with Crippen LogP contribution in [0, 0.1) is 6.92 Å². The van der Waals surface area contributed by atoms with E-state index in [2.05, 4.69) is 46.8 Å². The van der Waals surface area contributed by atoms with Crippen molar-refractivity contribution in [2.24, 2.45) is 0 Å². The molecule has 4 heteroatoms.